The molecule has 0 saturated heterocycles. The first kappa shape index (κ1) is 16.9. The Morgan fingerprint density at radius 2 is 2.15 bits per heavy atom. The van der Waals surface area contributed by atoms with Gasteiger partial charge >= 0.3 is 0 Å². The van der Waals surface area contributed by atoms with Crippen molar-refractivity contribution in [1.29, 1.82) is 5.26 Å². The molecule has 132 valence electrons. The Morgan fingerprint density at radius 3 is 2.85 bits per heavy atom. The van der Waals surface area contributed by atoms with Crippen LogP contribution in [0.25, 0.3) is 0 Å². The number of nitriles is 1. The van der Waals surface area contributed by atoms with E-state index < -0.39 is 0 Å². The van der Waals surface area contributed by atoms with Crippen LogP contribution in [-0.4, -0.2) is 30.1 Å². The molecule has 1 aromatic carbocycles. The maximum atomic E-state index is 8.96. The number of hydrogen-bond donors (Lipinski definition) is 1. The third-order valence-corrected chi connectivity index (χ3v) is 4.34. The summed E-state index contributed by atoms with van der Waals surface area (Å²) in [5.74, 6) is 1.58. The lowest BCUT2D eigenvalue weighted by Gasteiger charge is -2.23. The van der Waals surface area contributed by atoms with E-state index in [9.17, 15) is 0 Å². The Bertz CT molecular complexity index is 1070. The molecule has 8 nitrogen and oxygen atoms in total. The Kier molecular flexibility index (Phi) is 4.16. The molecule has 2 aliphatic rings. The molecular weight excluding hydrogens is 366 g/mol. The number of amidine groups is 1. The number of fused-ring (bicyclic) bond motifs is 1. The van der Waals surface area contributed by atoms with Gasteiger partial charge in [0.05, 0.1) is 24.5 Å². The number of aliphatic imine (C=N–C) groups is 2. The van der Waals surface area contributed by atoms with Crippen LogP contribution in [0.15, 0.2) is 64.0 Å². The van der Waals surface area contributed by atoms with E-state index in [0.29, 0.717) is 28.3 Å². The monoisotopic (exact) mass is 378 g/mol. The number of guanidine groups is 1. The Hall–Kier alpha value is -3.54. The Balaban J connectivity index is 1.70. The van der Waals surface area contributed by atoms with Gasteiger partial charge in [0, 0.05) is 11.8 Å². The summed E-state index contributed by atoms with van der Waals surface area (Å²) in [6.07, 6.45) is 6.68. The van der Waals surface area contributed by atoms with Gasteiger partial charge in [0.1, 0.15) is 23.7 Å². The molecule has 3 heterocycles. The molecule has 4 rings (SSSR count). The highest BCUT2D eigenvalue weighted by molar-refractivity contribution is 6.38. The molecule has 0 aliphatic carbocycles. The standard InChI is InChI=1S/C18H13ClN7O/c1-27-16-5-3-12(8-15(16)19)23-18-24-17-11-21-6-7-26(17,25-18)14-4-2-13(9-20)22-10-14/h2-8,10-11H,1H3,(H,23,25)/q+1. The van der Waals surface area contributed by atoms with Gasteiger partial charge in [-0.25, -0.2) is 4.98 Å². The molecule has 0 amide bonds. The smallest absolute Gasteiger partial charge is 0.287 e. The zero-order valence-corrected chi connectivity index (χ0v) is 14.9. The fraction of sp³-hybridized carbons (Fsp3) is 0.0556. The largest absolute Gasteiger partial charge is 0.495 e. The molecule has 0 radical (unpaired) electrons. The van der Waals surface area contributed by atoms with E-state index in [0.717, 1.165) is 11.4 Å². The van der Waals surface area contributed by atoms with Gasteiger partial charge < -0.3 is 10.1 Å². The van der Waals surface area contributed by atoms with Gasteiger partial charge in [-0.2, -0.15) is 10.3 Å². The number of hydrogen-bond acceptors (Lipinski definition) is 7. The molecule has 1 aromatic heterocycles. The topological polar surface area (TPSA) is 95.0 Å². The molecule has 0 fully saturated rings. The second kappa shape index (κ2) is 6.64. The number of ether oxygens (including phenoxy) is 1. The normalized spacial score (nSPS) is 19.7. The van der Waals surface area contributed by atoms with Crippen LogP contribution in [0.4, 0.5) is 11.4 Å². The van der Waals surface area contributed by atoms with Gasteiger partial charge in [-0.15, -0.1) is 0 Å². The van der Waals surface area contributed by atoms with Gasteiger partial charge in [-0.3, -0.25) is 4.99 Å². The average molecular weight is 379 g/mol. The first-order chi connectivity index (χ1) is 13.1. The fourth-order valence-corrected chi connectivity index (χ4v) is 2.99. The van der Waals surface area contributed by atoms with Crippen LogP contribution in [0.2, 0.25) is 5.02 Å². The number of pyridine rings is 1. The van der Waals surface area contributed by atoms with Crippen LogP contribution in [0.3, 0.4) is 0 Å². The average Bonchev–Trinajstić information content (AvgIpc) is 3.07. The number of nitrogens with one attached hydrogen (secondary N) is 1. The minimum absolute atomic E-state index is 0.0194. The fourth-order valence-electron chi connectivity index (χ4n) is 2.74. The molecule has 9 heteroatoms. The summed E-state index contributed by atoms with van der Waals surface area (Å²) in [7, 11) is 1.56. The molecule has 0 saturated carbocycles. The van der Waals surface area contributed by atoms with E-state index in [1.165, 1.54) is 0 Å². The summed E-state index contributed by atoms with van der Waals surface area (Å²) < 4.78 is 5.14. The van der Waals surface area contributed by atoms with E-state index in [1.54, 1.807) is 56.2 Å². The molecule has 1 unspecified atom stereocenters. The predicted molar refractivity (Wildman–Crippen MR) is 105 cm³/mol. The van der Waals surface area contributed by atoms with Gasteiger partial charge in [-0.1, -0.05) is 16.2 Å². The first-order valence-corrected chi connectivity index (χ1v) is 8.29. The zero-order valence-electron chi connectivity index (χ0n) is 14.2. The number of methoxy groups -OCH3 is 1. The number of benzene rings is 1. The molecule has 0 spiro atoms. The second-order valence-corrected chi connectivity index (χ2v) is 6.05. The van der Waals surface area contributed by atoms with E-state index in [4.69, 9.17) is 26.7 Å². The Morgan fingerprint density at radius 1 is 1.26 bits per heavy atom. The third kappa shape index (κ3) is 2.95. The molecule has 1 atom stereocenters. The van der Waals surface area contributed by atoms with Crippen molar-refractivity contribution >= 4 is 41.0 Å². The summed E-state index contributed by atoms with van der Waals surface area (Å²) >= 11 is 6.18. The summed E-state index contributed by atoms with van der Waals surface area (Å²) in [4.78, 5) is 12.8. The zero-order chi connectivity index (χ0) is 18.9. The van der Waals surface area contributed by atoms with Crippen LogP contribution in [0, 0.1) is 11.3 Å². The summed E-state index contributed by atoms with van der Waals surface area (Å²) in [6, 6.07) is 10.8. The Labute approximate surface area is 160 Å². The van der Waals surface area contributed by atoms with Crippen LogP contribution in [-0.2, 0) is 0 Å². The molecule has 2 aliphatic heterocycles. The third-order valence-electron chi connectivity index (χ3n) is 4.04. The van der Waals surface area contributed by atoms with Crippen LogP contribution in [0.1, 0.15) is 5.69 Å². The quantitative estimate of drug-likeness (QED) is 0.829. The SMILES string of the molecule is COc1ccc(NC2=N[N+]3(c4ccc(C#N)nc4)C=CN=CC3=N2)cc1Cl. The summed E-state index contributed by atoms with van der Waals surface area (Å²) in [5.41, 5.74) is 1.79. The minimum Gasteiger partial charge on any atom is -0.495 e. The van der Waals surface area contributed by atoms with E-state index in [2.05, 4.69) is 20.3 Å². The number of nitrogens with zero attached hydrogens (tertiary/aromatic N) is 6. The highest BCUT2D eigenvalue weighted by Crippen LogP contribution is 2.31. The van der Waals surface area contributed by atoms with Crippen molar-refractivity contribution < 1.29 is 4.74 Å². The summed E-state index contributed by atoms with van der Waals surface area (Å²) in [6.45, 7) is 0. The number of aromatic nitrogens is 1. The van der Waals surface area contributed by atoms with E-state index in [-0.39, 0.29) is 4.59 Å². The lowest BCUT2D eigenvalue weighted by molar-refractivity contribution is 0.415. The van der Waals surface area contributed by atoms with Crippen molar-refractivity contribution in [3.05, 3.63) is 59.6 Å². The van der Waals surface area contributed by atoms with Crippen LogP contribution < -0.4 is 14.6 Å². The van der Waals surface area contributed by atoms with Crippen LogP contribution >= 0.6 is 11.6 Å². The van der Waals surface area contributed by atoms with Crippen molar-refractivity contribution in [1.82, 2.24) is 9.58 Å². The minimum atomic E-state index is -0.0194. The van der Waals surface area contributed by atoms with Crippen LogP contribution in [0.5, 0.6) is 5.75 Å². The van der Waals surface area contributed by atoms with E-state index >= 15 is 0 Å². The van der Waals surface area contributed by atoms with Crippen molar-refractivity contribution in [2.24, 2.45) is 15.1 Å². The molecule has 0 bridgehead atoms. The maximum absolute atomic E-state index is 8.96. The lowest BCUT2D eigenvalue weighted by atomic mass is 10.3. The lowest BCUT2D eigenvalue weighted by Crippen LogP contribution is -2.44. The van der Waals surface area contributed by atoms with E-state index in [1.807, 2.05) is 12.1 Å². The molecule has 2 aromatic rings. The van der Waals surface area contributed by atoms with Gasteiger partial charge in [0.25, 0.3) is 11.8 Å². The maximum Gasteiger partial charge on any atom is 0.287 e. The van der Waals surface area contributed by atoms with Gasteiger partial charge in [0.2, 0.25) is 0 Å². The number of anilines is 1. The molecule has 27 heavy (non-hydrogen) atoms. The first-order valence-electron chi connectivity index (χ1n) is 7.91. The number of rotatable bonds is 3. The number of halogens is 1. The second-order valence-electron chi connectivity index (χ2n) is 5.64. The molecular formula is C18H13ClN7O+. The van der Waals surface area contributed by atoms with Crippen molar-refractivity contribution in [3.63, 3.8) is 0 Å². The highest BCUT2D eigenvalue weighted by atomic mass is 35.5. The van der Waals surface area contributed by atoms with Gasteiger partial charge in [-0.05, 0) is 29.4 Å². The number of quaternary nitrogens is 1. The van der Waals surface area contributed by atoms with Crippen molar-refractivity contribution in [2.45, 2.75) is 0 Å². The molecule has 1 N–H and O–H groups in total. The van der Waals surface area contributed by atoms with Crippen molar-refractivity contribution in [3.8, 4) is 11.8 Å². The highest BCUT2D eigenvalue weighted by Gasteiger charge is 2.43. The van der Waals surface area contributed by atoms with Gasteiger partial charge in [0.15, 0.2) is 11.9 Å². The summed E-state index contributed by atoms with van der Waals surface area (Å²) in [5, 5.41) is 17.3. The predicted octanol–water partition coefficient (Wildman–Crippen LogP) is 3.27. The van der Waals surface area contributed by atoms with Crippen molar-refractivity contribution in [2.75, 3.05) is 12.4 Å².